The van der Waals surface area contributed by atoms with Crippen LogP contribution in [0.3, 0.4) is 0 Å². The zero-order chi connectivity index (χ0) is 15.4. The van der Waals surface area contributed by atoms with Crippen LogP contribution >= 0.6 is 0 Å². The van der Waals surface area contributed by atoms with Gasteiger partial charge in [-0.15, -0.1) is 0 Å². The van der Waals surface area contributed by atoms with Crippen molar-refractivity contribution in [1.29, 1.82) is 0 Å². The van der Waals surface area contributed by atoms with E-state index in [-0.39, 0.29) is 12.1 Å². The molecule has 0 saturated heterocycles. The summed E-state index contributed by atoms with van der Waals surface area (Å²) >= 11 is 0. The number of anilines is 1. The van der Waals surface area contributed by atoms with Gasteiger partial charge >= 0.3 is 0 Å². The fraction of sp³-hybridized carbons (Fsp3) is 0.294. The zero-order valence-electron chi connectivity index (χ0n) is 12.2. The van der Waals surface area contributed by atoms with Crippen LogP contribution < -0.4 is 4.90 Å². The predicted octanol–water partition coefficient (Wildman–Crippen LogP) is 3.83. The summed E-state index contributed by atoms with van der Waals surface area (Å²) in [6.45, 7) is 4.82. The lowest BCUT2D eigenvalue weighted by Crippen LogP contribution is -2.28. The minimum atomic E-state index is -1.08. The Bertz CT molecular complexity index is 598. The summed E-state index contributed by atoms with van der Waals surface area (Å²) in [4.78, 5) is 1.93. The summed E-state index contributed by atoms with van der Waals surface area (Å²) in [5, 5.41) is 10.2. The first kappa shape index (κ1) is 15.4. The number of aliphatic hydroxyl groups excluding tert-OH is 1. The molecule has 0 amide bonds. The molecule has 2 aromatic carbocycles. The molecule has 0 aliphatic carbocycles. The van der Waals surface area contributed by atoms with Gasteiger partial charge in [-0.05, 0) is 32.0 Å². The zero-order valence-corrected chi connectivity index (χ0v) is 12.2. The van der Waals surface area contributed by atoms with Gasteiger partial charge in [0.2, 0.25) is 0 Å². The molecule has 21 heavy (non-hydrogen) atoms. The number of benzene rings is 2. The fourth-order valence-electron chi connectivity index (χ4n) is 2.26. The molecule has 112 valence electrons. The predicted molar refractivity (Wildman–Crippen MR) is 80.4 cm³/mol. The molecular weight excluding hydrogens is 272 g/mol. The molecule has 0 saturated carbocycles. The number of aryl methyl sites for hydroxylation is 1. The van der Waals surface area contributed by atoms with Crippen molar-refractivity contribution in [3.8, 4) is 0 Å². The average Bonchev–Trinajstić information content (AvgIpc) is 2.48. The van der Waals surface area contributed by atoms with Gasteiger partial charge in [0.25, 0.3) is 0 Å². The maximum atomic E-state index is 13.7. The fourth-order valence-corrected chi connectivity index (χ4v) is 2.26. The van der Waals surface area contributed by atoms with Gasteiger partial charge in [-0.3, -0.25) is 0 Å². The Labute approximate surface area is 123 Å². The number of hydrogen-bond donors (Lipinski definition) is 1. The van der Waals surface area contributed by atoms with Crippen molar-refractivity contribution in [2.24, 2.45) is 0 Å². The molecule has 2 aromatic rings. The highest BCUT2D eigenvalue weighted by atomic mass is 19.2. The van der Waals surface area contributed by atoms with Crippen molar-refractivity contribution in [1.82, 2.24) is 0 Å². The summed E-state index contributed by atoms with van der Waals surface area (Å²) in [6, 6.07) is 11.7. The number of hydrogen-bond acceptors (Lipinski definition) is 2. The first-order valence-electron chi connectivity index (χ1n) is 6.96. The molecule has 0 fully saturated rings. The Morgan fingerprint density at radius 2 is 1.76 bits per heavy atom. The van der Waals surface area contributed by atoms with E-state index in [0.717, 1.165) is 17.3 Å². The minimum Gasteiger partial charge on any atom is -0.386 e. The second-order valence-corrected chi connectivity index (χ2v) is 5.03. The lowest BCUT2D eigenvalue weighted by molar-refractivity contribution is 0.177. The van der Waals surface area contributed by atoms with Gasteiger partial charge in [-0.2, -0.15) is 0 Å². The third kappa shape index (κ3) is 3.58. The normalized spacial score (nSPS) is 12.2. The molecule has 0 spiro atoms. The Morgan fingerprint density at radius 3 is 2.38 bits per heavy atom. The molecule has 0 aliphatic rings. The van der Waals surface area contributed by atoms with Crippen molar-refractivity contribution < 1.29 is 13.9 Å². The van der Waals surface area contributed by atoms with E-state index in [4.69, 9.17) is 0 Å². The standard InChI is InChI=1S/C17H19F2NO/c1-3-20(13-9-7-12(2)8-10-13)11-16(21)14-5-4-6-15(18)17(14)19/h4-10,16,21H,3,11H2,1-2H3. The Kier molecular flexibility index (Phi) is 4.91. The lowest BCUT2D eigenvalue weighted by atomic mass is 10.1. The number of nitrogens with zero attached hydrogens (tertiary/aromatic N) is 1. The topological polar surface area (TPSA) is 23.5 Å². The highest BCUT2D eigenvalue weighted by molar-refractivity contribution is 5.47. The van der Waals surface area contributed by atoms with Crippen LogP contribution in [0.5, 0.6) is 0 Å². The molecule has 0 aromatic heterocycles. The molecule has 1 atom stereocenters. The Morgan fingerprint density at radius 1 is 1.10 bits per heavy atom. The van der Waals surface area contributed by atoms with Crippen LogP contribution in [0.1, 0.15) is 24.2 Å². The largest absolute Gasteiger partial charge is 0.386 e. The summed E-state index contributed by atoms with van der Waals surface area (Å²) < 4.78 is 26.9. The molecule has 2 nitrogen and oxygen atoms in total. The van der Waals surface area contributed by atoms with Gasteiger partial charge in [-0.1, -0.05) is 29.8 Å². The van der Waals surface area contributed by atoms with Crippen LogP contribution in [0.4, 0.5) is 14.5 Å². The second kappa shape index (κ2) is 6.68. The van der Waals surface area contributed by atoms with Gasteiger partial charge < -0.3 is 10.0 Å². The first-order chi connectivity index (χ1) is 10.0. The van der Waals surface area contributed by atoms with Crippen LogP contribution in [0.25, 0.3) is 0 Å². The summed E-state index contributed by atoms with van der Waals surface area (Å²) in [7, 11) is 0. The van der Waals surface area contributed by atoms with E-state index in [0.29, 0.717) is 6.54 Å². The molecule has 0 aliphatic heterocycles. The second-order valence-electron chi connectivity index (χ2n) is 5.03. The SMILES string of the molecule is CCN(CC(O)c1cccc(F)c1F)c1ccc(C)cc1. The number of aliphatic hydroxyl groups is 1. The van der Waals surface area contributed by atoms with Crippen LogP contribution in [-0.2, 0) is 0 Å². The minimum absolute atomic E-state index is 0.0134. The molecular formula is C17H19F2NO. The Hall–Kier alpha value is -1.94. The van der Waals surface area contributed by atoms with Crippen molar-refractivity contribution >= 4 is 5.69 Å². The molecule has 0 radical (unpaired) electrons. The third-order valence-corrected chi connectivity index (χ3v) is 3.51. The van der Waals surface area contributed by atoms with E-state index in [1.54, 1.807) is 0 Å². The number of likely N-dealkylation sites (N-methyl/N-ethyl adjacent to an activating group) is 1. The van der Waals surface area contributed by atoms with Crippen LogP contribution in [-0.4, -0.2) is 18.2 Å². The highest BCUT2D eigenvalue weighted by Crippen LogP contribution is 2.23. The van der Waals surface area contributed by atoms with Crippen molar-refractivity contribution in [3.63, 3.8) is 0 Å². The van der Waals surface area contributed by atoms with E-state index in [1.807, 2.05) is 43.0 Å². The van der Waals surface area contributed by atoms with Crippen LogP contribution in [0.2, 0.25) is 0 Å². The molecule has 0 bridgehead atoms. The smallest absolute Gasteiger partial charge is 0.164 e. The van der Waals surface area contributed by atoms with Crippen molar-refractivity contribution in [2.45, 2.75) is 20.0 Å². The van der Waals surface area contributed by atoms with Gasteiger partial charge in [-0.25, -0.2) is 8.78 Å². The average molecular weight is 291 g/mol. The van der Waals surface area contributed by atoms with E-state index >= 15 is 0 Å². The van der Waals surface area contributed by atoms with E-state index in [9.17, 15) is 13.9 Å². The third-order valence-electron chi connectivity index (χ3n) is 3.51. The van der Waals surface area contributed by atoms with Crippen LogP contribution in [0, 0.1) is 18.6 Å². The molecule has 4 heteroatoms. The van der Waals surface area contributed by atoms with Gasteiger partial charge in [0.1, 0.15) is 0 Å². The lowest BCUT2D eigenvalue weighted by Gasteiger charge is -2.26. The molecule has 1 N–H and O–H groups in total. The molecule has 1 unspecified atom stereocenters. The number of rotatable bonds is 5. The summed E-state index contributed by atoms with van der Waals surface area (Å²) in [5.74, 6) is -1.92. The monoisotopic (exact) mass is 291 g/mol. The summed E-state index contributed by atoms with van der Waals surface area (Å²) in [6.07, 6.45) is -1.08. The molecule has 0 heterocycles. The highest BCUT2D eigenvalue weighted by Gasteiger charge is 2.18. The first-order valence-corrected chi connectivity index (χ1v) is 6.96. The van der Waals surface area contributed by atoms with Gasteiger partial charge in [0.05, 0.1) is 6.10 Å². The Balaban J connectivity index is 2.18. The van der Waals surface area contributed by atoms with E-state index in [2.05, 4.69) is 0 Å². The van der Waals surface area contributed by atoms with E-state index < -0.39 is 17.7 Å². The van der Waals surface area contributed by atoms with Crippen molar-refractivity contribution in [2.75, 3.05) is 18.0 Å². The van der Waals surface area contributed by atoms with Crippen LogP contribution in [0.15, 0.2) is 42.5 Å². The maximum Gasteiger partial charge on any atom is 0.164 e. The number of halogens is 2. The molecule has 2 rings (SSSR count). The maximum absolute atomic E-state index is 13.7. The summed E-state index contributed by atoms with van der Waals surface area (Å²) in [5.41, 5.74) is 2.08. The van der Waals surface area contributed by atoms with Gasteiger partial charge in [0.15, 0.2) is 11.6 Å². The van der Waals surface area contributed by atoms with Gasteiger partial charge in [0, 0.05) is 24.3 Å². The quantitative estimate of drug-likeness (QED) is 0.905. The van der Waals surface area contributed by atoms with E-state index in [1.165, 1.54) is 12.1 Å². The van der Waals surface area contributed by atoms with Crippen molar-refractivity contribution in [3.05, 3.63) is 65.2 Å².